The third-order valence-electron chi connectivity index (χ3n) is 11.6. The van der Waals surface area contributed by atoms with Crippen molar-refractivity contribution < 1.29 is 0 Å². The molecular weight excluding hydrogens is 673 g/mol. The van der Waals surface area contributed by atoms with Crippen molar-refractivity contribution >= 4 is 70.4 Å². The van der Waals surface area contributed by atoms with Gasteiger partial charge in [-0.25, -0.2) is 0 Å². The topological polar surface area (TPSA) is 8.17 Å². The summed E-state index contributed by atoms with van der Waals surface area (Å²) in [7, 11) is 0. The molecule has 54 heavy (non-hydrogen) atoms. The Morgan fingerprint density at radius 2 is 1.07 bits per heavy atom. The van der Waals surface area contributed by atoms with Gasteiger partial charge in [-0.15, -0.1) is 11.3 Å². The molecule has 0 spiro atoms. The maximum Gasteiger partial charge on any atom is 0.0541 e. The largest absolute Gasteiger partial charge is 0.310 e. The highest BCUT2D eigenvalue weighted by Gasteiger charge is 2.37. The lowest BCUT2D eigenvalue weighted by molar-refractivity contribution is 0.660. The molecule has 2 nitrogen and oxygen atoms in total. The van der Waals surface area contributed by atoms with Gasteiger partial charge < -0.3 is 9.47 Å². The highest BCUT2D eigenvalue weighted by atomic mass is 32.1. The molecule has 2 aromatic heterocycles. The number of aromatic nitrogens is 1. The van der Waals surface area contributed by atoms with E-state index in [0.717, 1.165) is 22.7 Å². The Hall–Kier alpha value is -6.42. The number of thiophene rings is 1. The van der Waals surface area contributed by atoms with Crippen molar-refractivity contribution in [1.82, 2.24) is 4.57 Å². The molecule has 0 saturated heterocycles. The maximum atomic E-state index is 2.46. The number of para-hydroxylation sites is 2. The van der Waals surface area contributed by atoms with Crippen LogP contribution in [0.2, 0.25) is 0 Å². The first kappa shape index (κ1) is 31.1. The minimum Gasteiger partial charge on any atom is -0.310 e. The summed E-state index contributed by atoms with van der Waals surface area (Å²) in [5, 5.41) is 5.14. The van der Waals surface area contributed by atoms with Crippen molar-refractivity contribution in [2.24, 2.45) is 0 Å². The Morgan fingerprint density at radius 3 is 1.87 bits per heavy atom. The van der Waals surface area contributed by atoms with Gasteiger partial charge in [-0.2, -0.15) is 0 Å². The Balaban J connectivity index is 1.15. The number of fused-ring (bicyclic) bond motifs is 9. The molecule has 0 radical (unpaired) electrons. The van der Waals surface area contributed by atoms with E-state index < -0.39 is 0 Å². The zero-order valence-corrected chi connectivity index (χ0v) is 30.9. The fourth-order valence-electron chi connectivity index (χ4n) is 9.06. The number of anilines is 3. The molecule has 10 aromatic rings. The van der Waals surface area contributed by atoms with Gasteiger partial charge >= 0.3 is 0 Å². The average Bonchev–Trinajstić information content (AvgIpc) is 3.83. The standard InChI is InChI=1S/C51H36N2S/c1-51(2)44-29-27-36(31-43(44)50-38(21-13-22-45(50)51)33-14-4-3-5-15-33)52(37-26-28-42-41-20-8-11-25-48(41)54-49(42)32-37)34-16-12-17-35(30-34)53-46-23-9-6-18-39(46)40-19-7-10-24-47(40)53/h3-32H,1-2H3. The molecule has 1 aliphatic carbocycles. The molecule has 1 aliphatic rings. The molecule has 0 saturated carbocycles. The molecule has 0 unspecified atom stereocenters. The number of hydrogen-bond donors (Lipinski definition) is 0. The van der Waals surface area contributed by atoms with Crippen molar-refractivity contribution in [1.29, 1.82) is 0 Å². The van der Waals surface area contributed by atoms with Crippen LogP contribution in [-0.2, 0) is 5.41 Å². The number of benzene rings is 8. The van der Waals surface area contributed by atoms with Gasteiger partial charge in [0.25, 0.3) is 0 Å². The van der Waals surface area contributed by atoms with E-state index in [4.69, 9.17) is 0 Å². The molecule has 0 bridgehead atoms. The van der Waals surface area contributed by atoms with E-state index in [9.17, 15) is 0 Å². The summed E-state index contributed by atoms with van der Waals surface area (Å²) in [6.45, 7) is 4.74. The molecule has 0 amide bonds. The monoisotopic (exact) mass is 708 g/mol. The summed E-state index contributed by atoms with van der Waals surface area (Å²) in [6.07, 6.45) is 0. The Kier molecular flexibility index (Phi) is 6.80. The fraction of sp³-hybridized carbons (Fsp3) is 0.0588. The molecule has 256 valence electrons. The zero-order valence-electron chi connectivity index (χ0n) is 30.1. The van der Waals surface area contributed by atoms with E-state index in [1.807, 2.05) is 11.3 Å². The third-order valence-corrected chi connectivity index (χ3v) is 12.7. The van der Waals surface area contributed by atoms with E-state index >= 15 is 0 Å². The third kappa shape index (κ3) is 4.58. The molecule has 0 aliphatic heterocycles. The number of rotatable bonds is 5. The molecule has 0 N–H and O–H groups in total. The summed E-state index contributed by atoms with van der Waals surface area (Å²) < 4.78 is 5.01. The Morgan fingerprint density at radius 1 is 0.444 bits per heavy atom. The van der Waals surface area contributed by atoms with Crippen LogP contribution in [0.3, 0.4) is 0 Å². The lowest BCUT2D eigenvalue weighted by atomic mass is 9.82. The van der Waals surface area contributed by atoms with E-state index in [1.165, 1.54) is 75.4 Å². The second-order valence-corrected chi connectivity index (χ2v) is 16.0. The van der Waals surface area contributed by atoms with Gasteiger partial charge in [0.2, 0.25) is 0 Å². The van der Waals surface area contributed by atoms with Crippen LogP contribution >= 0.6 is 11.3 Å². The van der Waals surface area contributed by atoms with Crippen molar-refractivity contribution in [3.8, 4) is 27.9 Å². The summed E-state index contributed by atoms with van der Waals surface area (Å²) in [6, 6.07) is 67.1. The molecule has 8 aromatic carbocycles. The Bertz CT molecular complexity index is 3040. The first-order chi connectivity index (χ1) is 26.5. The van der Waals surface area contributed by atoms with Crippen LogP contribution in [0.25, 0.3) is 69.9 Å². The first-order valence-electron chi connectivity index (χ1n) is 18.7. The van der Waals surface area contributed by atoms with E-state index in [-0.39, 0.29) is 5.41 Å². The Labute approximate surface area is 318 Å². The predicted molar refractivity (Wildman–Crippen MR) is 231 cm³/mol. The molecule has 0 fully saturated rings. The normalized spacial score (nSPS) is 13.1. The smallest absolute Gasteiger partial charge is 0.0541 e. The van der Waals surface area contributed by atoms with Gasteiger partial charge in [-0.1, -0.05) is 135 Å². The van der Waals surface area contributed by atoms with Gasteiger partial charge in [-0.3, -0.25) is 0 Å². The zero-order chi connectivity index (χ0) is 36.0. The van der Waals surface area contributed by atoms with Crippen LogP contribution in [0, 0.1) is 0 Å². The number of nitrogens with zero attached hydrogens (tertiary/aromatic N) is 2. The SMILES string of the molecule is CC1(C)c2ccc(N(c3cccc(-n4c5ccccc5c5ccccc54)c3)c3ccc4c(c3)sc3ccccc34)cc2-c2c(-c3ccccc3)cccc21. The van der Waals surface area contributed by atoms with Gasteiger partial charge in [0.15, 0.2) is 0 Å². The maximum absolute atomic E-state index is 2.46. The van der Waals surface area contributed by atoms with Crippen LogP contribution in [0.4, 0.5) is 17.1 Å². The summed E-state index contributed by atoms with van der Waals surface area (Å²) in [5.41, 5.74) is 14.7. The number of hydrogen-bond acceptors (Lipinski definition) is 2. The van der Waals surface area contributed by atoms with E-state index in [0.29, 0.717) is 0 Å². The summed E-state index contributed by atoms with van der Waals surface area (Å²) in [5.74, 6) is 0. The van der Waals surface area contributed by atoms with Crippen LogP contribution in [0.5, 0.6) is 0 Å². The van der Waals surface area contributed by atoms with Crippen molar-refractivity contribution in [3.05, 3.63) is 193 Å². The lowest BCUT2D eigenvalue weighted by Crippen LogP contribution is -2.15. The molecular formula is C51H36N2S. The highest BCUT2D eigenvalue weighted by molar-refractivity contribution is 7.25. The van der Waals surface area contributed by atoms with Crippen LogP contribution in [0.1, 0.15) is 25.0 Å². The second kappa shape index (κ2) is 11.8. The van der Waals surface area contributed by atoms with Crippen LogP contribution in [0.15, 0.2) is 182 Å². The van der Waals surface area contributed by atoms with Crippen LogP contribution < -0.4 is 4.90 Å². The quantitative estimate of drug-likeness (QED) is 0.173. The molecule has 2 heterocycles. The minimum atomic E-state index is -0.120. The minimum absolute atomic E-state index is 0.120. The van der Waals surface area contributed by atoms with Crippen molar-refractivity contribution in [2.45, 2.75) is 19.3 Å². The lowest BCUT2D eigenvalue weighted by Gasteiger charge is -2.28. The summed E-state index contributed by atoms with van der Waals surface area (Å²) >= 11 is 1.87. The van der Waals surface area contributed by atoms with E-state index in [2.05, 4.69) is 205 Å². The molecule has 11 rings (SSSR count). The highest BCUT2D eigenvalue weighted by Crippen LogP contribution is 2.54. The summed E-state index contributed by atoms with van der Waals surface area (Å²) in [4.78, 5) is 2.46. The second-order valence-electron chi connectivity index (χ2n) is 15.0. The predicted octanol–water partition coefficient (Wildman–Crippen LogP) is 14.6. The fourth-order valence-corrected chi connectivity index (χ4v) is 10.2. The van der Waals surface area contributed by atoms with Gasteiger partial charge in [0.05, 0.1) is 11.0 Å². The van der Waals surface area contributed by atoms with Gasteiger partial charge in [0, 0.05) is 59.1 Å². The molecule has 0 atom stereocenters. The van der Waals surface area contributed by atoms with E-state index in [1.54, 1.807) is 0 Å². The van der Waals surface area contributed by atoms with Gasteiger partial charge in [0.1, 0.15) is 0 Å². The van der Waals surface area contributed by atoms with Crippen molar-refractivity contribution in [2.75, 3.05) is 4.90 Å². The average molecular weight is 709 g/mol. The van der Waals surface area contributed by atoms with Crippen LogP contribution in [-0.4, -0.2) is 4.57 Å². The van der Waals surface area contributed by atoms with Gasteiger partial charge in [-0.05, 0) is 94.0 Å². The first-order valence-corrected chi connectivity index (χ1v) is 19.5. The molecule has 3 heteroatoms. The van der Waals surface area contributed by atoms with Crippen molar-refractivity contribution in [3.63, 3.8) is 0 Å².